The second-order valence-electron chi connectivity index (χ2n) is 15.0. The molecule has 0 unspecified atom stereocenters. The van der Waals surface area contributed by atoms with Crippen molar-refractivity contribution in [1.29, 1.82) is 0 Å². The molecule has 0 amide bonds. The van der Waals surface area contributed by atoms with Gasteiger partial charge in [-0.2, -0.15) is 0 Å². The Hall–Kier alpha value is -0.276. The number of ketones is 1. The van der Waals surface area contributed by atoms with Gasteiger partial charge in [0.2, 0.25) is 0 Å². The average Bonchev–Trinajstić information content (AvgIpc) is 3.23. The van der Waals surface area contributed by atoms with Crippen LogP contribution in [0.1, 0.15) is 92.9 Å². The molecule has 0 spiro atoms. The first-order valence-electron chi connectivity index (χ1n) is 14.6. The summed E-state index contributed by atoms with van der Waals surface area (Å²) in [5, 5.41) is 0.335. The number of hydrogen-bond acceptors (Lipinski definition) is 4. The summed E-state index contributed by atoms with van der Waals surface area (Å²) in [7, 11) is -2.13. The molecule has 0 aliphatic heterocycles. The molecule has 3 rings (SSSR count). The summed E-state index contributed by atoms with van der Waals surface area (Å²) in [4.78, 5) is 12.8. The van der Waals surface area contributed by atoms with Crippen molar-refractivity contribution in [2.24, 2.45) is 17.8 Å². The summed E-state index contributed by atoms with van der Waals surface area (Å²) in [6.45, 7) is 23.3. The van der Waals surface area contributed by atoms with Crippen molar-refractivity contribution in [3.63, 3.8) is 0 Å². The minimum absolute atomic E-state index is 0.136. The quantitative estimate of drug-likeness (QED) is 0.220. The maximum atomic E-state index is 12.8. The molecule has 3 aliphatic carbocycles. The van der Waals surface area contributed by atoms with Gasteiger partial charge in [0.05, 0.1) is 12.2 Å². The van der Waals surface area contributed by atoms with Crippen molar-refractivity contribution in [3.05, 3.63) is 12.2 Å². The van der Waals surface area contributed by atoms with Crippen LogP contribution < -0.4 is 0 Å². The molecule has 4 nitrogen and oxygen atoms in total. The highest BCUT2D eigenvalue weighted by Gasteiger charge is 2.62. The molecule has 0 aromatic heterocycles. The third-order valence-electron chi connectivity index (χ3n) is 10.6. The second kappa shape index (κ2) is 10.7. The lowest BCUT2D eigenvalue weighted by Gasteiger charge is -2.56. The van der Waals surface area contributed by atoms with E-state index in [-0.39, 0.29) is 39.9 Å². The van der Waals surface area contributed by atoms with E-state index in [0.29, 0.717) is 6.42 Å². The van der Waals surface area contributed by atoms with Crippen LogP contribution in [0.3, 0.4) is 0 Å². The molecule has 0 aromatic carbocycles. The number of methoxy groups -OCH3 is 1. The standard InChI is InChI=1S/C30H56O4Si2/c1-28(2,3)35(8,9)33-23(20-22-14-12-13-15-22)16-17-24-25-21-27(31)30(25,32-7)19-18-26(24)34-36(10,11)29(4,5)6/h16-17,22-26H,12-15,18-21H2,1-11H3/t23-,24-,25-,26-,30-/m0/s1. The van der Waals surface area contributed by atoms with Gasteiger partial charge in [0.25, 0.3) is 0 Å². The van der Waals surface area contributed by atoms with Crippen molar-refractivity contribution in [3.8, 4) is 0 Å². The molecule has 0 saturated heterocycles. The molecular formula is C30H56O4Si2. The summed E-state index contributed by atoms with van der Waals surface area (Å²) in [5.74, 6) is 1.44. The zero-order valence-electron chi connectivity index (χ0n) is 25.3. The summed E-state index contributed by atoms with van der Waals surface area (Å²) in [5.41, 5.74) is -0.608. The molecule has 0 aromatic rings. The van der Waals surface area contributed by atoms with E-state index in [0.717, 1.165) is 25.2 Å². The van der Waals surface area contributed by atoms with Gasteiger partial charge < -0.3 is 13.6 Å². The van der Waals surface area contributed by atoms with Crippen LogP contribution in [-0.2, 0) is 18.4 Å². The maximum absolute atomic E-state index is 12.8. The third-order valence-corrected chi connectivity index (χ3v) is 19.6. The Morgan fingerprint density at radius 3 is 2.06 bits per heavy atom. The SMILES string of the molecule is CO[C@@]12CC[C@H](O[Si](C)(C)C(C)(C)C)[C@@H](C=C[C@@H](CC3CCCC3)O[Si](C)(C)C(C)(C)C)[C@@H]1CC2=O. The van der Waals surface area contributed by atoms with Gasteiger partial charge in [-0.3, -0.25) is 4.79 Å². The van der Waals surface area contributed by atoms with Gasteiger partial charge in [-0.25, -0.2) is 0 Å². The minimum Gasteiger partial charge on any atom is -0.413 e. The lowest BCUT2D eigenvalue weighted by molar-refractivity contribution is -0.190. The third kappa shape index (κ3) is 6.13. The van der Waals surface area contributed by atoms with Crippen molar-refractivity contribution in [2.75, 3.05) is 7.11 Å². The van der Waals surface area contributed by atoms with Crippen LogP contribution in [0.2, 0.25) is 36.3 Å². The highest BCUT2D eigenvalue weighted by Crippen LogP contribution is 2.53. The molecule has 3 fully saturated rings. The van der Waals surface area contributed by atoms with E-state index in [4.69, 9.17) is 13.6 Å². The lowest BCUT2D eigenvalue weighted by Crippen LogP contribution is -2.65. The minimum atomic E-state index is -1.95. The van der Waals surface area contributed by atoms with E-state index in [1.54, 1.807) is 7.11 Å². The Balaban J connectivity index is 1.89. The van der Waals surface area contributed by atoms with Crippen molar-refractivity contribution < 1.29 is 18.4 Å². The fourth-order valence-corrected chi connectivity index (χ4v) is 8.73. The monoisotopic (exact) mass is 536 g/mol. The number of ether oxygens (including phenoxy) is 1. The molecule has 6 heteroatoms. The number of hydrogen-bond donors (Lipinski definition) is 0. The van der Waals surface area contributed by atoms with Crippen LogP contribution in [0.25, 0.3) is 0 Å². The molecule has 36 heavy (non-hydrogen) atoms. The zero-order valence-corrected chi connectivity index (χ0v) is 27.3. The molecule has 0 N–H and O–H groups in total. The fraction of sp³-hybridized carbons (Fsp3) is 0.900. The molecule has 3 saturated carbocycles. The smallest absolute Gasteiger partial charge is 0.192 e. The van der Waals surface area contributed by atoms with Crippen molar-refractivity contribution >= 4 is 22.4 Å². The van der Waals surface area contributed by atoms with Gasteiger partial charge in [-0.1, -0.05) is 79.4 Å². The average molecular weight is 537 g/mol. The summed E-state index contributed by atoms with van der Waals surface area (Å²) >= 11 is 0. The van der Waals surface area contributed by atoms with Crippen LogP contribution in [0, 0.1) is 17.8 Å². The number of rotatable bonds is 9. The molecule has 3 aliphatic rings. The normalized spacial score (nSPS) is 31.5. The summed E-state index contributed by atoms with van der Waals surface area (Å²) in [6.07, 6.45) is 13.8. The molecule has 208 valence electrons. The van der Waals surface area contributed by atoms with Gasteiger partial charge in [0.15, 0.2) is 22.4 Å². The van der Waals surface area contributed by atoms with Crippen LogP contribution >= 0.6 is 0 Å². The number of carbonyl (C=O) groups excluding carboxylic acids is 1. The second-order valence-corrected chi connectivity index (χ2v) is 24.6. The van der Waals surface area contributed by atoms with E-state index < -0.39 is 22.2 Å². The van der Waals surface area contributed by atoms with E-state index in [1.807, 2.05) is 0 Å². The van der Waals surface area contributed by atoms with Gasteiger partial charge in [-0.15, -0.1) is 0 Å². The predicted molar refractivity (Wildman–Crippen MR) is 155 cm³/mol. The topological polar surface area (TPSA) is 44.8 Å². The Kier molecular flexibility index (Phi) is 9.00. The Morgan fingerprint density at radius 1 is 0.972 bits per heavy atom. The molecule has 5 atom stereocenters. The molecular weight excluding hydrogens is 480 g/mol. The lowest BCUT2D eigenvalue weighted by atomic mass is 9.55. The first-order valence-corrected chi connectivity index (χ1v) is 20.4. The molecule has 0 radical (unpaired) electrons. The van der Waals surface area contributed by atoms with Crippen molar-refractivity contribution in [2.45, 2.75) is 147 Å². The highest BCUT2D eigenvalue weighted by molar-refractivity contribution is 6.74. The summed E-state index contributed by atoms with van der Waals surface area (Å²) < 4.78 is 20.0. The zero-order chi connectivity index (χ0) is 27.2. The first kappa shape index (κ1) is 30.3. The number of Topliss-reactive ketones (excluding diaryl/α,β-unsaturated/α-hetero) is 1. The number of fused-ring (bicyclic) bond motifs is 1. The summed E-state index contributed by atoms with van der Waals surface area (Å²) in [6, 6.07) is 0. The maximum Gasteiger partial charge on any atom is 0.192 e. The van der Waals surface area contributed by atoms with Crippen LogP contribution in [0.15, 0.2) is 12.2 Å². The largest absolute Gasteiger partial charge is 0.413 e. The highest BCUT2D eigenvalue weighted by atomic mass is 28.4. The van der Waals surface area contributed by atoms with E-state index in [2.05, 4.69) is 79.9 Å². The Labute approximate surface area is 224 Å². The molecule has 0 heterocycles. The fourth-order valence-electron chi connectivity index (χ4n) is 6.06. The Morgan fingerprint density at radius 2 is 1.56 bits per heavy atom. The van der Waals surface area contributed by atoms with Crippen LogP contribution in [0.5, 0.6) is 0 Å². The number of carbonyl (C=O) groups is 1. The van der Waals surface area contributed by atoms with E-state index in [9.17, 15) is 4.79 Å². The molecule has 0 bridgehead atoms. The van der Waals surface area contributed by atoms with E-state index >= 15 is 0 Å². The van der Waals surface area contributed by atoms with Crippen LogP contribution in [0.4, 0.5) is 0 Å². The van der Waals surface area contributed by atoms with E-state index in [1.165, 1.54) is 25.7 Å². The van der Waals surface area contributed by atoms with Crippen LogP contribution in [-0.4, -0.2) is 47.3 Å². The van der Waals surface area contributed by atoms with Gasteiger partial charge in [0, 0.05) is 25.4 Å². The van der Waals surface area contributed by atoms with Gasteiger partial charge in [-0.05, 0) is 61.4 Å². The Bertz CT molecular complexity index is 801. The predicted octanol–water partition coefficient (Wildman–Crippen LogP) is 8.29. The van der Waals surface area contributed by atoms with Gasteiger partial charge >= 0.3 is 0 Å². The first-order chi connectivity index (χ1) is 16.4. The van der Waals surface area contributed by atoms with Crippen molar-refractivity contribution in [1.82, 2.24) is 0 Å². The van der Waals surface area contributed by atoms with Gasteiger partial charge in [0.1, 0.15) is 5.60 Å².